The largest absolute Gasteiger partial charge is 0.320 e. The molecule has 2 saturated heterocycles. The second-order valence-corrected chi connectivity index (χ2v) is 6.61. The van der Waals surface area contributed by atoms with Crippen LogP contribution in [0, 0.1) is 0 Å². The van der Waals surface area contributed by atoms with Crippen LogP contribution in [0.25, 0.3) is 0 Å². The minimum absolute atomic E-state index is 0.0704. The number of piperidine rings is 1. The SMILES string of the molecule is CC(CN1C(=O)CNC1c1ccsc1)N1CCCCC1. The van der Waals surface area contributed by atoms with Gasteiger partial charge in [0, 0.05) is 12.6 Å². The molecule has 3 rings (SSSR count). The van der Waals surface area contributed by atoms with Crippen LogP contribution in [0.4, 0.5) is 0 Å². The summed E-state index contributed by atoms with van der Waals surface area (Å²) in [6.07, 6.45) is 4.01. The number of hydrogen-bond acceptors (Lipinski definition) is 4. The number of hydrogen-bond donors (Lipinski definition) is 1. The van der Waals surface area contributed by atoms with Crippen molar-refractivity contribution in [3.05, 3.63) is 22.4 Å². The highest BCUT2D eigenvalue weighted by Crippen LogP contribution is 2.25. The molecule has 3 heterocycles. The van der Waals surface area contributed by atoms with Gasteiger partial charge in [-0.1, -0.05) is 6.42 Å². The van der Waals surface area contributed by atoms with Crippen molar-refractivity contribution in [2.75, 3.05) is 26.2 Å². The van der Waals surface area contributed by atoms with E-state index in [1.807, 2.05) is 4.90 Å². The van der Waals surface area contributed by atoms with Gasteiger partial charge in [-0.05, 0) is 55.2 Å². The van der Waals surface area contributed by atoms with E-state index >= 15 is 0 Å². The molecule has 0 aliphatic carbocycles. The summed E-state index contributed by atoms with van der Waals surface area (Å²) < 4.78 is 0. The normalized spacial score (nSPS) is 26.1. The highest BCUT2D eigenvalue weighted by Gasteiger charge is 2.33. The minimum Gasteiger partial charge on any atom is -0.320 e. The van der Waals surface area contributed by atoms with Gasteiger partial charge in [0.05, 0.1) is 6.54 Å². The highest BCUT2D eigenvalue weighted by molar-refractivity contribution is 7.07. The molecule has 1 amide bonds. The maximum absolute atomic E-state index is 12.1. The van der Waals surface area contributed by atoms with Crippen LogP contribution in [-0.2, 0) is 4.79 Å². The van der Waals surface area contributed by atoms with Gasteiger partial charge in [-0.2, -0.15) is 11.3 Å². The minimum atomic E-state index is 0.0704. The van der Waals surface area contributed by atoms with Gasteiger partial charge in [-0.15, -0.1) is 0 Å². The van der Waals surface area contributed by atoms with E-state index in [1.165, 1.54) is 37.9 Å². The monoisotopic (exact) mass is 293 g/mol. The third-order valence-electron chi connectivity index (χ3n) is 4.41. The number of likely N-dealkylation sites (tertiary alicyclic amines) is 1. The number of amides is 1. The molecule has 1 N–H and O–H groups in total. The fraction of sp³-hybridized carbons (Fsp3) is 0.667. The Bertz CT molecular complexity index is 442. The standard InChI is InChI=1S/C15H23N3OS/c1-12(17-6-3-2-4-7-17)10-18-14(19)9-16-15(18)13-5-8-20-11-13/h5,8,11-12,15-16H,2-4,6-7,9-10H2,1H3. The molecule has 0 aromatic carbocycles. The summed E-state index contributed by atoms with van der Waals surface area (Å²) in [5.41, 5.74) is 1.21. The lowest BCUT2D eigenvalue weighted by Gasteiger charge is -2.36. The third-order valence-corrected chi connectivity index (χ3v) is 5.11. The van der Waals surface area contributed by atoms with Crippen LogP contribution in [0.2, 0.25) is 0 Å². The van der Waals surface area contributed by atoms with Gasteiger partial charge in [-0.25, -0.2) is 0 Å². The lowest BCUT2D eigenvalue weighted by atomic mass is 10.1. The van der Waals surface area contributed by atoms with Crippen molar-refractivity contribution in [3.63, 3.8) is 0 Å². The van der Waals surface area contributed by atoms with Crippen LogP contribution in [-0.4, -0.2) is 47.9 Å². The molecular weight excluding hydrogens is 270 g/mol. The molecule has 20 heavy (non-hydrogen) atoms. The van der Waals surface area contributed by atoms with Gasteiger partial charge in [0.15, 0.2) is 0 Å². The number of thiophene rings is 1. The molecule has 1 aromatic rings. The summed E-state index contributed by atoms with van der Waals surface area (Å²) in [6.45, 7) is 5.90. The van der Waals surface area contributed by atoms with E-state index in [1.54, 1.807) is 11.3 Å². The molecule has 1 aromatic heterocycles. The molecule has 110 valence electrons. The molecule has 2 atom stereocenters. The summed E-state index contributed by atoms with van der Waals surface area (Å²) in [5, 5.41) is 7.54. The van der Waals surface area contributed by atoms with Crippen LogP contribution < -0.4 is 5.32 Å². The molecule has 2 fully saturated rings. The molecular formula is C15H23N3OS. The summed E-state index contributed by atoms with van der Waals surface area (Å²) in [6, 6.07) is 2.56. The lowest BCUT2D eigenvalue weighted by Crippen LogP contribution is -2.46. The number of carbonyl (C=O) groups excluding carboxylic acids is 1. The van der Waals surface area contributed by atoms with E-state index in [2.05, 4.69) is 34.0 Å². The van der Waals surface area contributed by atoms with E-state index in [0.717, 1.165) is 6.54 Å². The fourth-order valence-corrected chi connectivity index (χ4v) is 3.91. The molecule has 5 heteroatoms. The quantitative estimate of drug-likeness (QED) is 0.923. The predicted molar refractivity (Wildman–Crippen MR) is 81.7 cm³/mol. The van der Waals surface area contributed by atoms with Gasteiger partial charge in [0.1, 0.15) is 6.17 Å². The maximum Gasteiger partial charge on any atom is 0.238 e. The first-order valence-electron chi connectivity index (χ1n) is 7.54. The molecule has 4 nitrogen and oxygen atoms in total. The highest BCUT2D eigenvalue weighted by atomic mass is 32.1. The Hall–Kier alpha value is -0.910. The molecule has 2 aliphatic rings. The zero-order valence-electron chi connectivity index (χ0n) is 12.0. The number of nitrogens with zero attached hydrogens (tertiary/aromatic N) is 2. The average molecular weight is 293 g/mol. The summed E-state index contributed by atoms with van der Waals surface area (Å²) in [5.74, 6) is 0.227. The van der Waals surface area contributed by atoms with Crippen molar-refractivity contribution in [3.8, 4) is 0 Å². The number of rotatable bonds is 4. The zero-order valence-corrected chi connectivity index (χ0v) is 12.9. The van der Waals surface area contributed by atoms with E-state index in [9.17, 15) is 4.79 Å². The van der Waals surface area contributed by atoms with Gasteiger partial charge >= 0.3 is 0 Å². The van der Waals surface area contributed by atoms with Crippen molar-refractivity contribution < 1.29 is 4.79 Å². The van der Waals surface area contributed by atoms with Crippen molar-refractivity contribution in [2.45, 2.75) is 38.4 Å². The van der Waals surface area contributed by atoms with E-state index < -0.39 is 0 Å². The van der Waals surface area contributed by atoms with Crippen molar-refractivity contribution in [2.24, 2.45) is 0 Å². The van der Waals surface area contributed by atoms with Crippen LogP contribution in [0.15, 0.2) is 16.8 Å². The van der Waals surface area contributed by atoms with Crippen LogP contribution in [0.1, 0.15) is 37.9 Å². The predicted octanol–water partition coefficient (Wildman–Crippen LogP) is 2.05. The molecule has 2 aliphatic heterocycles. The summed E-state index contributed by atoms with van der Waals surface area (Å²) in [4.78, 5) is 16.7. The summed E-state index contributed by atoms with van der Waals surface area (Å²) in [7, 11) is 0. The Balaban J connectivity index is 1.66. The Morgan fingerprint density at radius 1 is 1.40 bits per heavy atom. The molecule has 0 spiro atoms. The molecule has 0 bridgehead atoms. The van der Waals surface area contributed by atoms with Gasteiger partial charge in [0.25, 0.3) is 0 Å². The topological polar surface area (TPSA) is 35.6 Å². The maximum atomic E-state index is 12.1. The first-order chi connectivity index (χ1) is 9.75. The Morgan fingerprint density at radius 3 is 2.90 bits per heavy atom. The van der Waals surface area contributed by atoms with Crippen LogP contribution in [0.5, 0.6) is 0 Å². The van der Waals surface area contributed by atoms with E-state index in [-0.39, 0.29) is 12.1 Å². The van der Waals surface area contributed by atoms with E-state index in [0.29, 0.717) is 12.6 Å². The van der Waals surface area contributed by atoms with Gasteiger partial charge in [0.2, 0.25) is 5.91 Å². The van der Waals surface area contributed by atoms with E-state index in [4.69, 9.17) is 0 Å². The third kappa shape index (κ3) is 2.90. The van der Waals surface area contributed by atoms with Crippen LogP contribution >= 0.6 is 11.3 Å². The van der Waals surface area contributed by atoms with Gasteiger partial charge < -0.3 is 4.90 Å². The second-order valence-electron chi connectivity index (χ2n) is 5.83. The Labute approximate surface area is 124 Å². The molecule has 0 radical (unpaired) electrons. The Kier molecular flexibility index (Phi) is 4.38. The second kappa shape index (κ2) is 6.24. The number of nitrogens with one attached hydrogen (secondary N) is 1. The lowest BCUT2D eigenvalue weighted by molar-refractivity contribution is -0.128. The number of carbonyl (C=O) groups is 1. The Morgan fingerprint density at radius 2 is 2.20 bits per heavy atom. The van der Waals surface area contributed by atoms with Crippen LogP contribution in [0.3, 0.4) is 0 Å². The van der Waals surface area contributed by atoms with Crippen molar-refractivity contribution in [1.82, 2.24) is 15.1 Å². The molecule has 2 unspecified atom stereocenters. The van der Waals surface area contributed by atoms with Crippen molar-refractivity contribution >= 4 is 17.2 Å². The fourth-order valence-electron chi connectivity index (χ4n) is 3.23. The smallest absolute Gasteiger partial charge is 0.238 e. The van der Waals surface area contributed by atoms with Crippen molar-refractivity contribution in [1.29, 1.82) is 0 Å². The summed E-state index contributed by atoms with van der Waals surface area (Å²) >= 11 is 1.69. The molecule has 0 saturated carbocycles. The first kappa shape index (κ1) is 14.0. The average Bonchev–Trinajstić information content (AvgIpc) is 3.11. The first-order valence-corrected chi connectivity index (χ1v) is 8.49. The zero-order chi connectivity index (χ0) is 13.9. The van der Waals surface area contributed by atoms with Gasteiger partial charge in [-0.3, -0.25) is 15.0 Å².